The summed E-state index contributed by atoms with van der Waals surface area (Å²) < 4.78 is 0. The van der Waals surface area contributed by atoms with Crippen molar-refractivity contribution < 1.29 is 4.79 Å². The molecule has 0 aromatic rings. The molecule has 1 rings (SSSR count). The van der Waals surface area contributed by atoms with E-state index in [-0.39, 0.29) is 23.4 Å². The molecular formula is C12H24N2O. The van der Waals surface area contributed by atoms with Crippen LogP contribution in [0.4, 0.5) is 0 Å². The molecule has 0 spiro atoms. The highest BCUT2D eigenvalue weighted by Crippen LogP contribution is 2.22. The molecule has 0 aliphatic heterocycles. The van der Waals surface area contributed by atoms with E-state index in [1.807, 2.05) is 20.8 Å². The molecule has 0 unspecified atom stereocenters. The van der Waals surface area contributed by atoms with Crippen LogP contribution in [0.15, 0.2) is 0 Å². The molecule has 88 valence electrons. The smallest absolute Gasteiger partial charge is 0.225 e. The maximum Gasteiger partial charge on any atom is 0.225 e. The zero-order valence-electron chi connectivity index (χ0n) is 10.2. The van der Waals surface area contributed by atoms with Crippen molar-refractivity contribution in [1.82, 2.24) is 5.32 Å². The quantitative estimate of drug-likeness (QED) is 0.749. The number of hydrogen-bond acceptors (Lipinski definition) is 2. The van der Waals surface area contributed by atoms with E-state index in [0.29, 0.717) is 0 Å². The Kier molecular flexibility index (Phi) is 4.14. The highest BCUT2D eigenvalue weighted by atomic mass is 16.2. The van der Waals surface area contributed by atoms with Crippen LogP contribution in [0.1, 0.15) is 52.9 Å². The SMILES string of the molecule is CCC(C)(C)C(=O)N[C@@H]1CCCC[C@H]1N. The molecule has 3 N–H and O–H groups in total. The lowest BCUT2D eigenvalue weighted by Crippen LogP contribution is -2.52. The second-order valence-electron chi connectivity index (χ2n) is 5.27. The highest BCUT2D eigenvalue weighted by molar-refractivity contribution is 5.82. The summed E-state index contributed by atoms with van der Waals surface area (Å²) in [6, 6.07) is 0.340. The molecule has 15 heavy (non-hydrogen) atoms. The summed E-state index contributed by atoms with van der Waals surface area (Å²) in [6.07, 6.45) is 5.32. The summed E-state index contributed by atoms with van der Waals surface area (Å²) in [5.41, 5.74) is 5.73. The van der Waals surface area contributed by atoms with Crippen molar-refractivity contribution in [2.75, 3.05) is 0 Å². The molecular weight excluding hydrogens is 188 g/mol. The molecule has 0 radical (unpaired) electrons. The predicted octanol–water partition coefficient (Wildman–Crippen LogP) is 1.81. The Labute approximate surface area is 92.8 Å². The molecule has 0 bridgehead atoms. The summed E-state index contributed by atoms with van der Waals surface area (Å²) in [4.78, 5) is 11.9. The van der Waals surface area contributed by atoms with Gasteiger partial charge in [-0.25, -0.2) is 0 Å². The van der Waals surface area contributed by atoms with Gasteiger partial charge in [-0.05, 0) is 19.3 Å². The zero-order valence-corrected chi connectivity index (χ0v) is 10.2. The van der Waals surface area contributed by atoms with Crippen LogP contribution in [0.25, 0.3) is 0 Å². The number of nitrogens with two attached hydrogens (primary N) is 1. The van der Waals surface area contributed by atoms with E-state index in [0.717, 1.165) is 19.3 Å². The average Bonchev–Trinajstić information content (AvgIpc) is 2.21. The molecule has 1 amide bonds. The van der Waals surface area contributed by atoms with Crippen molar-refractivity contribution in [3.8, 4) is 0 Å². The first-order valence-corrected chi connectivity index (χ1v) is 6.04. The Hall–Kier alpha value is -0.570. The van der Waals surface area contributed by atoms with E-state index in [4.69, 9.17) is 5.73 Å². The van der Waals surface area contributed by atoms with Gasteiger partial charge in [0.2, 0.25) is 5.91 Å². The lowest BCUT2D eigenvalue weighted by molar-refractivity contribution is -0.130. The van der Waals surface area contributed by atoms with Gasteiger partial charge in [-0.3, -0.25) is 4.79 Å². The van der Waals surface area contributed by atoms with E-state index >= 15 is 0 Å². The van der Waals surface area contributed by atoms with Crippen LogP contribution >= 0.6 is 0 Å². The minimum Gasteiger partial charge on any atom is -0.351 e. The van der Waals surface area contributed by atoms with Crippen molar-refractivity contribution in [3.63, 3.8) is 0 Å². The fourth-order valence-electron chi connectivity index (χ4n) is 1.86. The summed E-state index contributed by atoms with van der Waals surface area (Å²) in [5.74, 6) is 0.146. The molecule has 1 saturated carbocycles. The second-order valence-corrected chi connectivity index (χ2v) is 5.27. The number of amides is 1. The van der Waals surface area contributed by atoms with E-state index in [9.17, 15) is 4.79 Å². The molecule has 0 aromatic heterocycles. The molecule has 0 aromatic carbocycles. The van der Waals surface area contributed by atoms with Crippen molar-refractivity contribution in [3.05, 3.63) is 0 Å². The van der Waals surface area contributed by atoms with Crippen LogP contribution in [0.2, 0.25) is 0 Å². The zero-order chi connectivity index (χ0) is 11.5. The Balaban J connectivity index is 2.50. The molecule has 1 fully saturated rings. The van der Waals surface area contributed by atoms with Crippen LogP contribution < -0.4 is 11.1 Å². The van der Waals surface area contributed by atoms with Gasteiger partial charge in [-0.1, -0.05) is 33.6 Å². The topological polar surface area (TPSA) is 55.1 Å². The van der Waals surface area contributed by atoms with Crippen LogP contribution in [-0.4, -0.2) is 18.0 Å². The van der Waals surface area contributed by atoms with Gasteiger partial charge in [0.25, 0.3) is 0 Å². The van der Waals surface area contributed by atoms with E-state index in [1.165, 1.54) is 12.8 Å². The van der Waals surface area contributed by atoms with Gasteiger partial charge >= 0.3 is 0 Å². The number of carbonyl (C=O) groups excluding carboxylic acids is 1. The fourth-order valence-corrected chi connectivity index (χ4v) is 1.86. The van der Waals surface area contributed by atoms with Gasteiger partial charge in [0.15, 0.2) is 0 Å². The Morgan fingerprint density at radius 1 is 1.40 bits per heavy atom. The summed E-state index contributed by atoms with van der Waals surface area (Å²) >= 11 is 0. The Morgan fingerprint density at radius 3 is 2.53 bits per heavy atom. The van der Waals surface area contributed by atoms with Gasteiger partial charge in [0, 0.05) is 17.5 Å². The van der Waals surface area contributed by atoms with E-state index in [1.54, 1.807) is 0 Å². The molecule has 0 saturated heterocycles. The predicted molar refractivity (Wildman–Crippen MR) is 62.4 cm³/mol. The normalized spacial score (nSPS) is 27.5. The summed E-state index contributed by atoms with van der Waals surface area (Å²) in [6.45, 7) is 6.01. The third kappa shape index (κ3) is 3.20. The standard InChI is InChI=1S/C12H24N2O/c1-4-12(2,3)11(15)14-10-8-6-5-7-9(10)13/h9-10H,4-8,13H2,1-3H3,(H,14,15)/t9-,10-/m1/s1. The van der Waals surface area contributed by atoms with Gasteiger partial charge in [-0.15, -0.1) is 0 Å². The average molecular weight is 212 g/mol. The monoisotopic (exact) mass is 212 g/mol. The first kappa shape index (κ1) is 12.5. The lowest BCUT2D eigenvalue weighted by atomic mass is 9.86. The third-order valence-corrected chi connectivity index (χ3v) is 3.63. The molecule has 1 aliphatic carbocycles. The molecule has 3 heteroatoms. The largest absolute Gasteiger partial charge is 0.351 e. The second kappa shape index (κ2) is 4.97. The van der Waals surface area contributed by atoms with Crippen molar-refractivity contribution in [2.45, 2.75) is 65.0 Å². The number of carbonyl (C=O) groups is 1. The highest BCUT2D eigenvalue weighted by Gasteiger charge is 2.30. The first-order valence-electron chi connectivity index (χ1n) is 6.04. The van der Waals surface area contributed by atoms with Gasteiger partial charge in [0.1, 0.15) is 0 Å². The fraction of sp³-hybridized carbons (Fsp3) is 0.917. The van der Waals surface area contributed by atoms with Gasteiger partial charge in [0.05, 0.1) is 0 Å². The number of hydrogen-bond donors (Lipinski definition) is 2. The van der Waals surface area contributed by atoms with E-state index in [2.05, 4.69) is 5.32 Å². The van der Waals surface area contributed by atoms with Crippen molar-refractivity contribution >= 4 is 5.91 Å². The van der Waals surface area contributed by atoms with Crippen molar-refractivity contribution in [1.29, 1.82) is 0 Å². The lowest BCUT2D eigenvalue weighted by Gasteiger charge is -2.32. The summed E-state index contributed by atoms with van der Waals surface area (Å²) in [5, 5.41) is 3.10. The first-order chi connectivity index (χ1) is 6.97. The van der Waals surface area contributed by atoms with Crippen LogP contribution in [0, 0.1) is 5.41 Å². The van der Waals surface area contributed by atoms with Crippen LogP contribution in [0.5, 0.6) is 0 Å². The van der Waals surface area contributed by atoms with Gasteiger partial charge < -0.3 is 11.1 Å². The van der Waals surface area contributed by atoms with Crippen LogP contribution in [0.3, 0.4) is 0 Å². The number of nitrogens with one attached hydrogen (secondary N) is 1. The van der Waals surface area contributed by atoms with E-state index < -0.39 is 0 Å². The third-order valence-electron chi connectivity index (χ3n) is 3.63. The molecule has 2 atom stereocenters. The Bertz CT molecular complexity index is 226. The molecule has 0 heterocycles. The minimum absolute atomic E-state index is 0.146. The maximum absolute atomic E-state index is 11.9. The van der Waals surface area contributed by atoms with Gasteiger partial charge in [-0.2, -0.15) is 0 Å². The Morgan fingerprint density at radius 2 is 2.00 bits per heavy atom. The minimum atomic E-state index is -0.267. The molecule has 1 aliphatic rings. The maximum atomic E-state index is 11.9. The van der Waals surface area contributed by atoms with Crippen LogP contribution in [-0.2, 0) is 4.79 Å². The number of rotatable bonds is 3. The van der Waals surface area contributed by atoms with Crippen molar-refractivity contribution in [2.24, 2.45) is 11.1 Å². The summed E-state index contributed by atoms with van der Waals surface area (Å²) in [7, 11) is 0. The molecule has 3 nitrogen and oxygen atoms in total.